The van der Waals surface area contributed by atoms with E-state index in [0.29, 0.717) is 40.9 Å². The third kappa shape index (κ3) is 5.30. The van der Waals surface area contributed by atoms with Gasteiger partial charge in [-0.1, -0.05) is 23.2 Å². The Morgan fingerprint density at radius 1 is 1.22 bits per heavy atom. The average Bonchev–Trinajstić information content (AvgIpc) is 2.23. The van der Waals surface area contributed by atoms with E-state index in [-0.39, 0.29) is 0 Å². The molecule has 0 aromatic heterocycles. The predicted octanol–water partition coefficient (Wildman–Crippen LogP) is 1.93. The maximum absolute atomic E-state index is 10.8. The van der Waals surface area contributed by atoms with Gasteiger partial charge >= 0.3 is 0 Å². The summed E-state index contributed by atoms with van der Waals surface area (Å²) in [4.78, 5) is 0. The minimum atomic E-state index is -3.13. The molecular formula is C10H15Cl2N3O2S. The number of hydrogen-bond donors (Lipinski definition) is 3. The van der Waals surface area contributed by atoms with Crippen molar-refractivity contribution in [1.29, 1.82) is 0 Å². The van der Waals surface area contributed by atoms with Gasteiger partial charge in [0.2, 0.25) is 10.0 Å². The van der Waals surface area contributed by atoms with Crippen LogP contribution in [0.2, 0.25) is 10.0 Å². The van der Waals surface area contributed by atoms with Crippen LogP contribution in [-0.4, -0.2) is 27.8 Å². The Labute approximate surface area is 117 Å². The first kappa shape index (κ1) is 15.4. The molecule has 1 aromatic carbocycles. The summed E-state index contributed by atoms with van der Waals surface area (Å²) in [6, 6.07) is 3.21. The molecule has 0 amide bonds. The number of sulfonamides is 1. The molecular weight excluding hydrogens is 297 g/mol. The standard InChI is InChI=1S/C10H15Cl2N3O2S/c1-18(16,17)15-4-2-3-14-10-6-8(12)7(11)5-9(10)13/h5-6,14-15H,2-4,13H2,1H3. The molecule has 102 valence electrons. The lowest BCUT2D eigenvalue weighted by Crippen LogP contribution is -2.24. The van der Waals surface area contributed by atoms with E-state index in [9.17, 15) is 8.42 Å². The predicted molar refractivity (Wildman–Crippen MR) is 76.8 cm³/mol. The smallest absolute Gasteiger partial charge is 0.208 e. The number of benzene rings is 1. The number of nitrogen functional groups attached to an aromatic ring is 1. The summed E-state index contributed by atoms with van der Waals surface area (Å²) in [7, 11) is -3.13. The number of halogens is 2. The third-order valence-corrected chi connectivity index (χ3v) is 3.58. The summed E-state index contributed by atoms with van der Waals surface area (Å²) >= 11 is 11.7. The number of nitrogens with one attached hydrogen (secondary N) is 2. The molecule has 0 aliphatic carbocycles. The van der Waals surface area contributed by atoms with Crippen LogP contribution in [0.5, 0.6) is 0 Å². The van der Waals surface area contributed by atoms with Crippen LogP contribution in [0.4, 0.5) is 11.4 Å². The van der Waals surface area contributed by atoms with E-state index in [1.54, 1.807) is 12.1 Å². The molecule has 0 spiro atoms. The Morgan fingerprint density at radius 2 is 1.83 bits per heavy atom. The van der Waals surface area contributed by atoms with E-state index in [2.05, 4.69) is 10.0 Å². The quantitative estimate of drug-likeness (QED) is 0.553. The summed E-state index contributed by atoms with van der Waals surface area (Å²) in [5, 5.41) is 3.88. The van der Waals surface area contributed by atoms with Gasteiger partial charge in [-0.05, 0) is 18.6 Å². The van der Waals surface area contributed by atoms with Crippen molar-refractivity contribution in [3.63, 3.8) is 0 Å². The van der Waals surface area contributed by atoms with Gasteiger partial charge in [-0.15, -0.1) is 0 Å². The zero-order valence-electron chi connectivity index (χ0n) is 9.83. The van der Waals surface area contributed by atoms with E-state index < -0.39 is 10.0 Å². The van der Waals surface area contributed by atoms with Crippen LogP contribution in [0.15, 0.2) is 12.1 Å². The third-order valence-electron chi connectivity index (χ3n) is 2.13. The van der Waals surface area contributed by atoms with Crippen molar-refractivity contribution in [3.8, 4) is 0 Å². The van der Waals surface area contributed by atoms with Gasteiger partial charge in [0.05, 0.1) is 27.7 Å². The van der Waals surface area contributed by atoms with Gasteiger partial charge < -0.3 is 11.1 Å². The van der Waals surface area contributed by atoms with Crippen LogP contribution in [0.3, 0.4) is 0 Å². The van der Waals surface area contributed by atoms with E-state index in [0.717, 1.165) is 6.26 Å². The Kier molecular flexibility index (Phi) is 5.52. The molecule has 0 saturated heterocycles. The van der Waals surface area contributed by atoms with Crippen LogP contribution in [0, 0.1) is 0 Å². The van der Waals surface area contributed by atoms with Gasteiger partial charge in [-0.3, -0.25) is 0 Å². The second-order valence-corrected chi connectivity index (χ2v) is 6.45. The zero-order valence-corrected chi connectivity index (χ0v) is 12.2. The van der Waals surface area contributed by atoms with Crippen molar-refractivity contribution >= 4 is 44.6 Å². The molecule has 0 unspecified atom stereocenters. The highest BCUT2D eigenvalue weighted by molar-refractivity contribution is 7.88. The second-order valence-electron chi connectivity index (χ2n) is 3.80. The topological polar surface area (TPSA) is 84.2 Å². The van der Waals surface area contributed by atoms with E-state index in [1.165, 1.54) is 0 Å². The lowest BCUT2D eigenvalue weighted by molar-refractivity contribution is 0.586. The molecule has 0 radical (unpaired) electrons. The highest BCUT2D eigenvalue weighted by Gasteiger charge is 2.04. The minimum Gasteiger partial charge on any atom is -0.397 e. The lowest BCUT2D eigenvalue weighted by Gasteiger charge is -2.10. The molecule has 1 aromatic rings. The molecule has 0 heterocycles. The fraction of sp³-hybridized carbons (Fsp3) is 0.400. The van der Waals surface area contributed by atoms with Crippen molar-refractivity contribution in [2.45, 2.75) is 6.42 Å². The molecule has 1 rings (SSSR count). The summed E-state index contributed by atoms with van der Waals surface area (Å²) < 4.78 is 24.0. The summed E-state index contributed by atoms with van der Waals surface area (Å²) in [6.07, 6.45) is 1.75. The maximum Gasteiger partial charge on any atom is 0.208 e. The molecule has 8 heteroatoms. The van der Waals surface area contributed by atoms with Crippen LogP contribution in [-0.2, 0) is 10.0 Å². The summed E-state index contributed by atoms with van der Waals surface area (Å²) in [5.74, 6) is 0. The monoisotopic (exact) mass is 311 g/mol. The molecule has 0 bridgehead atoms. The maximum atomic E-state index is 10.8. The fourth-order valence-electron chi connectivity index (χ4n) is 1.28. The number of nitrogens with two attached hydrogens (primary N) is 1. The van der Waals surface area contributed by atoms with Gasteiger partial charge in [-0.25, -0.2) is 13.1 Å². The van der Waals surface area contributed by atoms with Crippen molar-refractivity contribution in [3.05, 3.63) is 22.2 Å². The number of anilines is 2. The van der Waals surface area contributed by atoms with Gasteiger partial charge in [0.15, 0.2) is 0 Å². The average molecular weight is 312 g/mol. The molecule has 0 atom stereocenters. The van der Waals surface area contributed by atoms with Gasteiger partial charge in [0, 0.05) is 13.1 Å². The van der Waals surface area contributed by atoms with Gasteiger partial charge in [0.25, 0.3) is 0 Å². The highest BCUT2D eigenvalue weighted by atomic mass is 35.5. The van der Waals surface area contributed by atoms with Crippen LogP contribution >= 0.6 is 23.2 Å². The minimum absolute atomic E-state index is 0.368. The lowest BCUT2D eigenvalue weighted by atomic mass is 10.2. The normalized spacial score (nSPS) is 11.5. The number of hydrogen-bond acceptors (Lipinski definition) is 4. The molecule has 5 nitrogen and oxygen atoms in total. The van der Waals surface area contributed by atoms with Crippen molar-refractivity contribution in [1.82, 2.24) is 4.72 Å². The highest BCUT2D eigenvalue weighted by Crippen LogP contribution is 2.30. The Hall–Kier alpha value is -0.690. The Bertz CT molecular complexity index is 520. The van der Waals surface area contributed by atoms with Crippen LogP contribution < -0.4 is 15.8 Å². The van der Waals surface area contributed by atoms with E-state index in [4.69, 9.17) is 28.9 Å². The fourth-order valence-corrected chi connectivity index (χ4v) is 2.14. The van der Waals surface area contributed by atoms with E-state index in [1.807, 2.05) is 0 Å². The van der Waals surface area contributed by atoms with Gasteiger partial charge in [-0.2, -0.15) is 0 Å². The Morgan fingerprint density at radius 3 is 2.44 bits per heavy atom. The van der Waals surface area contributed by atoms with Crippen molar-refractivity contribution < 1.29 is 8.42 Å². The first-order valence-corrected chi connectivity index (χ1v) is 7.87. The summed E-state index contributed by atoms with van der Waals surface area (Å²) in [6.45, 7) is 0.942. The van der Waals surface area contributed by atoms with Crippen molar-refractivity contribution in [2.24, 2.45) is 0 Å². The largest absolute Gasteiger partial charge is 0.397 e. The molecule has 4 N–H and O–H groups in total. The molecule has 0 aliphatic rings. The SMILES string of the molecule is CS(=O)(=O)NCCCNc1cc(Cl)c(Cl)cc1N. The molecule has 0 aliphatic heterocycles. The first-order valence-electron chi connectivity index (χ1n) is 5.22. The zero-order chi connectivity index (χ0) is 13.8. The van der Waals surface area contributed by atoms with Gasteiger partial charge in [0.1, 0.15) is 0 Å². The number of rotatable bonds is 6. The molecule has 0 fully saturated rings. The van der Waals surface area contributed by atoms with Crippen molar-refractivity contribution in [2.75, 3.05) is 30.4 Å². The molecule has 0 saturated carbocycles. The van der Waals surface area contributed by atoms with Crippen LogP contribution in [0.25, 0.3) is 0 Å². The Balaban J connectivity index is 2.43. The second kappa shape index (κ2) is 6.47. The van der Waals surface area contributed by atoms with E-state index >= 15 is 0 Å². The first-order chi connectivity index (χ1) is 8.29. The van der Waals surface area contributed by atoms with Crippen LogP contribution in [0.1, 0.15) is 6.42 Å². The summed E-state index contributed by atoms with van der Waals surface area (Å²) in [5.41, 5.74) is 6.94. The molecule has 18 heavy (non-hydrogen) atoms.